The molecule has 1 aromatic heterocycles. The number of aromatic nitrogens is 2. The van der Waals surface area contributed by atoms with Crippen LogP contribution in [0, 0.1) is 16.7 Å². The summed E-state index contributed by atoms with van der Waals surface area (Å²) in [6.07, 6.45) is 5.60. The molecule has 2 aliphatic carbocycles. The lowest BCUT2D eigenvalue weighted by Gasteiger charge is -2.55. The molecule has 2 aromatic rings. The third kappa shape index (κ3) is 5.01. The lowest BCUT2D eigenvalue weighted by Crippen LogP contribution is -2.69. The minimum Gasteiger partial charge on any atom is -0.465 e. The number of amides is 1. The molecule has 9 nitrogen and oxygen atoms in total. The molecule has 4 aliphatic rings. The fraction of sp³-hybridized carbons (Fsp3) is 0.625. The Morgan fingerprint density at radius 2 is 1.98 bits per heavy atom. The Labute approximate surface area is 243 Å². The number of fused-ring (bicyclic) bond motifs is 3. The number of nitrogens with zero attached hydrogens (tertiary/aromatic N) is 6. The van der Waals surface area contributed by atoms with E-state index in [0.717, 1.165) is 42.9 Å². The Bertz CT molecular complexity index is 1380. The zero-order valence-electron chi connectivity index (χ0n) is 24.8. The van der Waals surface area contributed by atoms with Gasteiger partial charge in [0.05, 0.1) is 23.7 Å². The topological polar surface area (TPSA) is 106 Å². The third-order valence-corrected chi connectivity index (χ3v) is 9.98. The fourth-order valence-electron chi connectivity index (χ4n) is 7.12. The number of carboxylic acid groups (broad SMARTS) is 1. The van der Waals surface area contributed by atoms with Gasteiger partial charge in [-0.2, -0.15) is 15.2 Å². The second kappa shape index (κ2) is 10.5. The van der Waals surface area contributed by atoms with Gasteiger partial charge in [-0.3, -0.25) is 4.90 Å². The molecule has 2 saturated heterocycles. The van der Waals surface area contributed by atoms with Crippen molar-refractivity contribution in [1.29, 1.82) is 5.26 Å². The summed E-state index contributed by atoms with van der Waals surface area (Å²) in [5.74, 6) is 1.46. The number of anilines is 1. The molecular formula is C32H42N6O3. The molecule has 0 bridgehead atoms. The van der Waals surface area contributed by atoms with Crippen LogP contribution in [0.5, 0.6) is 6.01 Å². The van der Waals surface area contributed by atoms with Crippen molar-refractivity contribution in [2.45, 2.75) is 83.2 Å². The highest BCUT2D eigenvalue weighted by Crippen LogP contribution is 2.46. The maximum absolute atomic E-state index is 12.4. The summed E-state index contributed by atoms with van der Waals surface area (Å²) in [5, 5.41) is 20.1. The molecule has 3 fully saturated rings. The van der Waals surface area contributed by atoms with Gasteiger partial charge in [0.1, 0.15) is 12.4 Å². The summed E-state index contributed by atoms with van der Waals surface area (Å²) in [4.78, 5) is 28.6. The average Bonchev–Trinajstić information content (AvgIpc) is 3.71. The molecule has 2 aliphatic heterocycles. The molecule has 41 heavy (non-hydrogen) atoms. The van der Waals surface area contributed by atoms with Crippen LogP contribution in [-0.2, 0) is 12.8 Å². The number of piperazine rings is 1. The van der Waals surface area contributed by atoms with Crippen molar-refractivity contribution in [1.82, 2.24) is 19.8 Å². The van der Waals surface area contributed by atoms with Crippen LogP contribution in [0.3, 0.4) is 0 Å². The van der Waals surface area contributed by atoms with Crippen LogP contribution in [0.25, 0.3) is 11.3 Å². The van der Waals surface area contributed by atoms with E-state index < -0.39 is 17.0 Å². The van der Waals surface area contributed by atoms with E-state index in [0.29, 0.717) is 44.2 Å². The van der Waals surface area contributed by atoms with E-state index >= 15 is 0 Å². The zero-order valence-corrected chi connectivity index (χ0v) is 24.8. The third-order valence-electron chi connectivity index (χ3n) is 9.98. The van der Waals surface area contributed by atoms with Gasteiger partial charge in [0, 0.05) is 36.8 Å². The van der Waals surface area contributed by atoms with Gasteiger partial charge in [0.2, 0.25) is 0 Å². The van der Waals surface area contributed by atoms with Crippen molar-refractivity contribution in [3.63, 3.8) is 0 Å². The van der Waals surface area contributed by atoms with E-state index in [1.165, 1.54) is 40.9 Å². The molecule has 1 N–H and O–H groups in total. The molecule has 2 atom stereocenters. The summed E-state index contributed by atoms with van der Waals surface area (Å²) < 4.78 is 6.34. The van der Waals surface area contributed by atoms with Crippen LogP contribution in [0.1, 0.15) is 75.5 Å². The van der Waals surface area contributed by atoms with E-state index in [-0.39, 0.29) is 6.42 Å². The van der Waals surface area contributed by atoms with Crippen molar-refractivity contribution in [3.05, 3.63) is 34.9 Å². The highest BCUT2D eigenvalue weighted by Gasteiger charge is 2.52. The van der Waals surface area contributed by atoms with E-state index in [4.69, 9.17) is 14.7 Å². The number of likely N-dealkylation sites (N-methyl/N-ethyl adjacent to an activating group) is 1. The van der Waals surface area contributed by atoms with Crippen LogP contribution in [0.2, 0.25) is 0 Å². The van der Waals surface area contributed by atoms with Gasteiger partial charge in [-0.25, -0.2) is 4.79 Å². The van der Waals surface area contributed by atoms with Crippen molar-refractivity contribution in [2.24, 2.45) is 5.41 Å². The molecule has 218 valence electrons. The fourth-order valence-corrected chi connectivity index (χ4v) is 7.12. The molecule has 6 rings (SSSR count). The molecule has 1 saturated carbocycles. The number of hydrogen-bond donors (Lipinski definition) is 1. The second-order valence-corrected chi connectivity index (χ2v) is 13.4. The Balaban J connectivity index is 1.43. The van der Waals surface area contributed by atoms with Crippen LogP contribution in [0.15, 0.2) is 18.2 Å². The summed E-state index contributed by atoms with van der Waals surface area (Å²) >= 11 is 0. The number of nitriles is 1. The van der Waals surface area contributed by atoms with Gasteiger partial charge in [-0.05, 0) is 80.6 Å². The number of likely N-dealkylation sites (tertiary alicyclic amines) is 1. The van der Waals surface area contributed by atoms with Gasteiger partial charge in [-0.1, -0.05) is 32.9 Å². The van der Waals surface area contributed by atoms with Gasteiger partial charge >= 0.3 is 12.1 Å². The number of benzene rings is 1. The standard InChI is InChI=1S/C32H42N6O3/c1-31(2,3)32(13-14-33)20-37(16-17-38(32)30(39)40)28-25-12-11-22-9-10-23(21-7-8-21)18-26(22)27(25)34-29(35-28)41-19-24-6-5-15-36(24)4/h9-10,18,21,24H,5-8,11-13,15-17,19-20H2,1-4H3,(H,39,40)/t24-,32+/m0/s1. The predicted molar refractivity (Wildman–Crippen MR) is 157 cm³/mol. The monoisotopic (exact) mass is 558 g/mol. The lowest BCUT2D eigenvalue weighted by atomic mass is 9.69. The van der Waals surface area contributed by atoms with Crippen molar-refractivity contribution in [2.75, 3.05) is 44.7 Å². The highest BCUT2D eigenvalue weighted by atomic mass is 16.5. The maximum Gasteiger partial charge on any atom is 0.407 e. The number of aryl methyl sites for hydroxylation is 1. The van der Waals surface area contributed by atoms with Gasteiger partial charge in [-0.15, -0.1) is 0 Å². The van der Waals surface area contributed by atoms with Gasteiger partial charge in [0.25, 0.3) is 0 Å². The lowest BCUT2D eigenvalue weighted by molar-refractivity contribution is -0.00289. The van der Waals surface area contributed by atoms with E-state index in [1.807, 2.05) is 20.8 Å². The molecule has 3 heterocycles. The summed E-state index contributed by atoms with van der Waals surface area (Å²) in [6, 6.07) is 9.91. The van der Waals surface area contributed by atoms with Crippen molar-refractivity contribution < 1.29 is 14.6 Å². The van der Waals surface area contributed by atoms with Crippen LogP contribution in [0.4, 0.5) is 10.6 Å². The SMILES string of the molecule is CN1CCC[C@H]1COc1nc2c(c(N3CCN(C(=O)O)[C@@](CC#N)(C(C)(C)C)C3)n1)CCc1ccc(C3CC3)cc1-2. The number of rotatable bonds is 6. The number of hydrogen-bond acceptors (Lipinski definition) is 7. The molecule has 0 spiro atoms. The Kier molecular flexibility index (Phi) is 7.09. The first-order valence-corrected chi connectivity index (χ1v) is 15.1. The Morgan fingerprint density at radius 1 is 1.17 bits per heavy atom. The minimum atomic E-state index is -0.981. The highest BCUT2D eigenvalue weighted by molar-refractivity contribution is 5.76. The van der Waals surface area contributed by atoms with E-state index in [1.54, 1.807) is 0 Å². The smallest absolute Gasteiger partial charge is 0.407 e. The Hall–Kier alpha value is -3.38. The van der Waals surface area contributed by atoms with Crippen LogP contribution >= 0.6 is 0 Å². The molecular weight excluding hydrogens is 516 g/mol. The zero-order chi connectivity index (χ0) is 28.9. The normalized spacial score (nSPS) is 24.5. The van der Waals surface area contributed by atoms with E-state index in [2.05, 4.69) is 41.1 Å². The molecule has 1 aromatic carbocycles. The first kappa shape index (κ1) is 27.8. The average molecular weight is 559 g/mol. The molecule has 0 radical (unpaired) electrons. The van der Waals surface area contributed by atoms with Crippen LogP contribution < -0.4 is 9.64 Å². The van der Waals surface area contributed by atoms with Crippen LogP contribution in [-0.4, -0.2) is 82.4 Å². The number of ether oxygens (including phenoxy) is 1. The molecule has 0 unspecified atom stereocenters. The van der Waals surface area contributed by atoms with Crippen molar-refractivity contribution in [3.8, 4) is 23.3 Å². The second-order valence-electron chi connectivity index (χ2n) is 13.4. The summed E-state index contributed by atoms with van der Waals surface area (Å²) in [5.41, 5.74) is 4.54. The molecule has 1 amide bonds. The largest absolute Gasteiger partial charge is 0.465 e. The van der Waals surface area contributed by atoms with Gasteiger partial charge < -0.3 is 19.6 Å². The summed E-state index contributed by atoms with van der Waals surface area (Å²) in [6.45, 7) is 8.89. The quantitative estimate of drug-likeness (QED) is 0.523. The van der Waals surface area contributed by atoms with E-state index in [9.17, 15) is 15.2 Å². The first-order valence-electron chi connectivity index (χ1n) is 15.1. The Morgan fingerprint density at radius 3 is 2.63 bits per heavy atom. The minimum absolute atomic E-state index is 0.109. The maximum atomic E-state index is 12.4. The van der Waals surface area contributed by atoms with Gasteiger partial charge in [0.15, 0.2) is 0 Å². The summed E-state index contributed by atoms with van der Waals surface area (Å²) in [7, 11) is 2.14. The first-order chi connectivity index (χ1) is 19.6. The predicted octanol–water partition coefficient (Wildman–Crippen LogP) is 5.09. The van der Waals surface area contributed by atoms with Crippen molar-refractivity contribution >= 4 is 11.9 Å². The molecule has 9 heteroatoms. The number of carbonyl (C=O) groups is 1.